The second-order valence-electron chi connectivity index (χ2n) is 6.82. The molecule has 1 saturated heterocycles. The molecule has 4 nitrogen and oxygen atoms in total. The summed E-state index contributed by atoms with van der Waals surface area (Å²) in [7, 11) is 0. The van der Waals surface area contributed by atoms with Crippen LogP contribution >= 0.6 is 0 Å². The monoisotopic (exact) mass is 254 g/mol. The molecule has 2 rings (SSSR count). The number of carbonyl (C=O) groups is 1. The normalized spacial score (nSPS) is 32.9. The molecule has 1 amide bonds. The summed E-state index contributed by atoms with van der Waals surface area (Å²) in [6.07, 6.45) is 4.31. The van der Waals surface area contributed by atoms with Crippen LogP contribution in [0.2, 0.25) is 0 Å². The molecule has 2 N–H and O–H groups in total. The Morgan fingerprint density at radius 1 is 1.28 bits per heavy atom. The van der Waals surface area contributed by atoms with Crippen molar-refractivity contribution in [3.05, 3.63) is 0 Å². The van der Waals surface area contributed by atoms with Crippen LogP contribution in [0.4, 0.5) is 4.79 Å². The number of amides is 1. The quantitative estimate of drug-likeness (QED) is 0.722. The lowest BCUT2D eigenvalue weighted by Crippen LogP contribution is -2.39. The molecular formula is C14H26N2O2. The Balaban J connectivity index is 1.96. The van der Waals surface area contributed by atoms with E-state index in [0.29, 0.717) is 17.9 Å². The number of ether oxygens (including phenoxy) is 1. The molecule has 3 unspecified atom stereocenters. The van der Waals surface area contributed by atoms with Crippen molar-refractivity contribution in [2.45, 2.75) is 58.1 Å². The summed E-state index contributed by atoms with van der Waals surface area (Å²) in [6, 6.07) is 0.332. The van der Waals surface area contributed by atoms with Crippen LogP contribution < -0.4 is 5.73 Å². The average molecular weight is 254 g/mol. The molecule has 104 valence electrons. The fourth-order valence-electron chi connectivity index (χ4n) is 3.25. The molecule has 1 aliphatic heterocycles. The topological polar surface area (TPSA) is 55.6 Å². The van der Waals surface area contributed by atoms with Gasteiger partial charge in [-0.1, -0.05) is 0 Å². The molecule has 3 atom stereocenters. The van der Waals surface area contributed by atoms with Gasteiger partial charge in [0.25, 0.3) is 0 Å². The minimum absolute atomic E-state index is 0.163. The summed E-state index contributed by atoms with van der Waals surface area (Å²) in [5.74, 6) is 1.29. The van der Waals surface area contributed by atoms with Crippen LogP contribution in [0.25, 0.3) is 0 Å². The Hall–Kier alpha value is -0.770. The van der Waals surface area contributed by atoms with E-state index in [2.05, 4.69) is 0 Å². The van der Waals surface area contributed by atoms with Gasteiger partial charge in [0.05, 0.1) is 0 Å². The lowest BCUT2D eigenvalue weighted by Gasteiger charge is -2.28. The summed E-state index contributed by atoms with van der Waals surface area (Å²) < 4.78 is 5.46. The van der Waals surface area contributed by atoms with Gasteiger partial charge in [-0.3, -0.25) is 0 Å². The van der Waals surface area contributed by atoms with Gasteiger partial charge in [-0.2, -0.15) is 0 Å². The van der Waals surface area contributed by atoms with Crippen LogP contribution in [0.3, 0.4) is 0 Å². The fraction of sp³-hybridized carbons (Fsp3) is 0.929. The summed E-state index contributed by atoms with van der Waals surface area (Å²) in [5.41, 5.74) is 5.63. The summed E-state index contributed by atoms with van der Waals surface area (Å²) in [6.45, 7) is 7.40. The van der Waals surface area contributed by atoms with Crippen LogP contribution in [0, 0.1) is 11.8 Å². The molecule has 18 heavy (non-hydrogen) atoms. The van der Waals surface area contributed by atoms with Crippen molar-refractivity contribution in [2.75, 3.05) is 13.1 Å². The maximum Gasteiger partial charge on any atom is 0.410 e. The molecule has 1 heterocycles. The van der Waals surface area contributed by atoms with Gasteiger partial charge in [-0.15, -0.1) is 0 Å². The van der Waals surface area contributed by atoms with Crippen LogP contribution in [-0.2, 0) is 4.74 Å². The first-order valence-electron chi connectivity index (χ1n) is 7.08. The molecule has 0 spiro atoms. The smallest absolute Gasteiger partial charge is 0.410 e. The molecule has 1 saturated carbocycles. The predicted octanol–water partition coefficient (Wildman–Crippen LogP) is 2.37. The van der Waals surface area contributed by atoms with Crippen molar-refractivity contribution in [3.63, 3.8) is 0 Å². The molecular weight excluding hydrogens is 228 g/mol. The van der Waals surface area contributed by atoms with E-state index in [1.165, 1.54) is 6.42 Å². The van der Waals surface area contributed by atoms with Crippen LogP contribution in [0.1, 0.15) is 46.5 Å². The first kappa shape index (κ1) is 13.7. The van der Waals surface area contributed by atoms with Gasteiger partial charge in [0.15, 0.2) is 0 Å². The highest BCUT2D eigenvalue weighted by Gasteiger charge is 2.37. The standard InChI is InChI=1S/C14H26N2O2/c1-14(2,3)18-13(17)16-6-4-5-10-7-12(15)8-11(10)9-16/h10-12H,4-9,15H2,1-3H3. The number of carbonyl (C=O) groups excluding carboxylic acids is 1. The molecule has 0 aromatic carbocycles. The minimum atomic E-state index is -0.408. The van der Waals surface area contributed by atoms with E-state index >= 15 is 0 Å². The SMILES string of the molecule is CC(C)(C)OC(=O)N1CCCC2CC(N)CC2C1. The highest BCUT2D eigenvalue weighted by Crippen LogP contribution is 2.37. The Morgan fingerprint density at radius 2 is 1.94 bits per heavy atom. The van der Waals surface area contributed by atoms with Crippen molar-refractivity contribution < 1.29 is 9.53 Å². The zero-order chi connectivity index (χ0) is 13.3. The first-order chi connectivity index (χ1) is 8.35. The third kappa shape index (κ3) is 3.37. The highest BCUT2D eigenvalue weighted by atomic mass is 16.6. The second kappa shape index (κ2) is 5.08. The van der Waals surface area contributed by atoms with Gasteiger partial charge < -0.3 is 15.4 Å². The van der Waals surface area contributed by atoms with E-state index in [4.69, 9.17) is 10.5 Å². The van der Waals surface area contributed by atoms with E-state index in [0.717, 1.165) is 32.4 Å². The Kier molecular flexibility index (Phi) is 3.85. The third-order valence-corrected chi connectivity index (χ3v) is 3.99. The number of hydrogen-bond acceptors (Lipinski definition) is 3. The Bertz CT molecular complexity index is 311. The van der Waals surface area contributed by atoms with Crippen LogP contribution in [-0.4, -0.2) is 35.7 Å². The molecule has 2 fully saturated rings. The first-order valence-corrected chi connectivity index (χ1v) is 7.08. The van der Waals surface area contributed by atoms with Crippen molar-refractivity contribution in [1.82, 2.24) is 4.90 Å². The summed E-state index contributed by atoms with van der Waals surface area (Å²) in [4.78, 5) is 14.0. The van der Waals surface area contributed by atoms with Crippen molar-refractivity contribution in [3.8, 4) is 0 Å². The molecule has 0 radical (unpaired) electrons. The Labute approximate surface area is 110 Å². The Morgan fingerprint density at radius 3 is 2.61 bits per heavy atom. The largest absolute Gasteiger partial charge is 0.444 e. The molecule has 0 bridgehead atoms. The molecule has 0 aromatic heterocycles. The van der Waals surface area contributed by atoms with E-state index in [1.54, 1.807) is 0 Å². The van der Waals surface area contributed by atoms with Crippen molar-refractivity contribution in [2.24, 2.45) is 17.6 Å². The van der Waals surface area contributed by atoms with E-state index in [-0.39, 0.29) is 6.09 Å². The van der Waals surface area contributed by atoms with E-state index < -0.39 is 5.60 Å². The van der Waals surface area contributed by atoms with E-state index in [1.807, 2.05) is 25.7 Å². The second-order valence-corrected chi connectivity index (χ2v) is 6.82. The van der Waals surface area contributed by atoms with Gasteiger partial charge >= 0.3 is 6.09 Å². The zero-order valence-corrected chi connectivity index (χ0v) is 11.8. The highest BCUT2D eigenvalue weighted by molar-refractivity contribution is 5.68. The number of nitrogens with zero attached hydrogens (tertiary/aromatic N) is 1. The van der Waals surface area contributed by atoms with Crippen LogP contribution in [0.5, 0.6) is 0 Å². The van der Waals surface area contributed by atoms with Gasteiger partial charge in [0, 0.05) is 19.1 Å². The van der Waals surface area contributed by atoms with E-state index in [9.17, 15) is 4.79 Å². The lowest BCUT2D eigenvalue weighted by atomic mass is 9.93. The summed E-state index contributed by atoms with van der Waals surface area (Å²) >= 11 is 0. The number of likely N-dealkylation sites (tertiary alicyclic amines) is 1. The van der Waals surface area contributed by atoms with Crippen molar-refractivity contribution >= 4 is 6.09 Å². The number of nitrogens with two attached hydrogens (primary N) is 1. The number of rotatable bonds is 0. The maximum absolute atomic E-state index is 12.1. The van der Waals surface area contributed by atoms with Crippen LogP contribution in [0.15, 0.2) is 0 Å². The van der Waals surface area contributed by atoms with Gasteiger partial charge in [0.1, 0.15) is 5.60 Å². The lowest BCUT2D eigenvalue weighted by molar-refractivity contribution is 0.0231. The number of fused-ring (bicyclic) bond motifs is 1. The zero-order valence-electron chi connectivity index (χ0n) is 11.8. The molecule has 1 aliphatic carbocycles. The number of hydrogen-bond donors (Lipinski definition) is 1. The van der Waals surface area contributed by atoms with Gasteiger partial charge in [-0.05, 0) is 58.3 Å². The maximum atomic E-state index is 12.1. The van der Waals surface area contributed by atoms with Gasteiger partial charge in [0.2, 0.25) is 0 Å². The average Bonchev–Trinajstić information content (AvgIpc) is 2.43. The molecule has 2 aliphatic rings. The molecule has 4 heteroatoms. The molecule has 0 aromatic rings. The third-order valence-electron chi connectivity index (χ3n) is 3.99. The predicted molar refractivity (Wildman–Crippen MR) is 71.2 cm³/mol. The minimum Gasteiger partial charge on any atom is -0.444 e. The van der Waals surface area contributed by atoms with Crippen molar-refractivity contribution in [1.29, 1.82) is 0 Å². The fourth-order valence-corrected chi connectivity index (χ4v) is 3.25. The van der Waals surface area contributed by atoms with Gasteiger partial charge in [-0.25, -0.2) is 4.79 Å². The summed E-state index contributed by atoms with van der Waals surface area (Å²) in [5, 5.41) is 0.